The van der Waals surface area contributed by atoms with Crippen LogP contribution in [-0.4, -0.2) is 37.7 Å². The van der Waals surface area contributed by atoms with Gasteiger partial charge in [0.1, 0.15) is 0 Å². The van der Waals surface area contributed by atoms with Gasteiger partial charge in [-0.25, -0.2) is 9.59 Å². The van der Waals surface area contributed by atoms with Gasteiger partial charge in [-0.1, -0.05) is 27.7 Å². The number of esters is 2. The minimum absolute atomic E-state index is 0.517. The summed E-state index contributed by atoms with van der Waals surface area (Å²) in [6.07, 6.45) is 2.50. The normalized spacial score (nSPS) is 14.2. The molecular weight excluding hydrogens is 312 g/mol. The van der Waals surface area contributed by atoms with Crippen molar-refractivity contribution >= 4 is 11.9 Å². The molecule has 0 aromatic rings. The van der Waals surface area contributed by atoms with E-state index in [1.165, 1.54) is 0 Å². The van der Waals surface area contributed by atoms with Crippen molar-refractivity contribution < 1.29 is 28.5 Å². The summed E-state index contributed by atoms with van der Waals surface area (Å²) in [4.78, 5) is 23.1. The topological polar surface area (TPSA) is 71.1 Å². The van der Waals surface area contributed by atoms with E-state index in [0.717, 1.165) is 25.0 Å². The van der Waals surface area contributed by atoms with Crippen LogP contribution in [0.4, 0.5) is 0 Å². The highest BCUT2D eigenvalue weighted by Gasteiger charge is 2.10. The van der Waals surface area contributed by atoms with Crippen LogP contribution < -0.4 is 0 Å². The van der Waals surface area contributed by atoms with E-state index in [9.17, 15) is 9.59 Å². The van der Waals surface area contributed by atoms with Gasteiger partial charge in [-0.3, -0.25) is 0 Å². The first-order chi connectivity index (χ1) is 11.2. The van der Waals surface area contributed by atoms with Gasteiger partial charge in [-0.2, -0.15) is 0 Å². The predicted octanol–water partition coefficient (Wildman–Crippen LogP) is 3.45. The molecule has 0 N–H and O–H groups in total. The van der Waals surface area contributed by atoms with Crippen molar-refractivity contribution in [2.24, 2.45) is 11.8 Å². The summed E-state index contributed by atoms with van der Waals surface area (Å²) in [5.74, 6) is -0.269. The Morgan fingerprint density at radius 3 is 1.33 bits per heavy atom. The van der Waals surface area contributed by atoms with Gasteiger partial charge in [-0.15, -0.1) is 0 Å². The third kappa shape index (κ3) is 14.2. The van der Waals surface area contributed by atoms with Crippen LogP contribution in [0.5, 0.6) is 0 Å². The number of rotatable bonds is 12. The Morgan fingerprint density at radius 2 is 1.04 bits per heavy atom. The standard InChI is InChI=1S/C18H32O6/c1-13(2)9-11-21-15(5)23-17(19)7-8-18(20)24-16(6)22-12-10-14(3)4/h7-8,13-16H,9-12H2,1-6H3/b8-7+. The molecule has 0 aromatic heterocycles. The summed E-state index contributed by atoms with van der Waals surface area (Å²) in [6.45, 7) is 12.6. The lowest BCUT2D eigenvalue weighted by atomic mass is 10.1. The lowest BCUT2D eigenvalue weighted by Gasteiger charge is -2.14. The molecule has 2 atom stereocenters. The van der Waals surface area contributed by atoms with Gasteiger partial charge in [0, 0.05) is 12.2 Å². The largest absolute Gasteiger partial charge is 0.433 e. The monoisotopic (exact) mass is 344 g/mol. The van der Waals surface area contributed by atoms with Gasteiger partial charge in [0.15, 0.2) is 12.6 Å². The zero-order valence-electron chi connectivity index (χ0n) is 15.7. The lowest BCUT2D eigenvalue weighted by molar-refractivity contribution is -0.172. The zero-order chi connectivity index (χ0) is 18.5. The molecule has 140 valence electrons. The molecule has 0 spiro atoms. The highest BCUT2D eigenvalue weighted by Crippen LogP contribution is 2.04. The lowest BCUT2D eigenvalue weighted by Crippen LogP contribution is -2.19. The van der Waals surface area contributed by atoms with E-state index in [2.05, 4.69) is 27.7 Å². The van der Waals surface area contributed by atoms with Crippen LogP contribution in [0.25, 0.3) is 0 Å². The molecule has 0 aromatic carbocycles. The van der Waals surface area contributed by atoms with Crippen LogP contribution in [0.15, 0.2) is 12.2 Å². The maximum absolute atomic E-state index is 11.6. The molecule has 0 saturated carbocycles. The molecule has 6 heteroatoms. The number of hydrogen-bond donors (Lipinski definition) is 0. The fourth-order valence-electron chi connectivity index (χ4n) is 1.55. The van der Waals surface area contributed by atoms with Crippen LogP contribution in [-0.2, 0) is 28.5 Å². The van der Waals surface area contributed by atoms with Crippen molar-refractivity contribution in [3.8, 4) is 0 Å². The van der Waals surface area contributed by atoms with Crippen molar-refractivity contribution in [1.82, 2.24) is 0 Å². The van der Waals surface area contributed by atoms with Crippen LogP contribution in [0.3, 0.4) is 0 Å². The molecule has 24 heavy (non-hydrogen) atoms. The van der Waals surface area contributed by atoms with Crippen LogP contribution >= 0.6 is 0 Å². The molecule has 6 nitrogen and oxygen atoms in total. The van der Waals surface area contributed by atoms with E-state index < -0.39 is 24.5 Å². The molecule has 0 aliphatic heterocycles. The molecule has 0 radical (unpaired) electrons. The van der Waals surface area contributed by atoms with Gasteiger partial charge in [0.25, 0.3) is 0 Å². The average molecular weight is 344 g/mol. The molecule has 0 rings (SSSR count). The molecule has 0 aliphatic rings. The van der Waals surface area contributed by atoms with Gasteiger partial charge in [0.05, 0.1) is 13.2 Å². The smallest absolute Gasteiger partial charge is 0.333 e. The number of ether oxygens (including phenoxy) is 4. The quantitative estimate of drug-likeness (QED) is 0.307. The van der Waals surface area contributed by atoms with Crippen LogP contribution in [0.1, 0.15) is 54.4 Å². The van der Waals surface area contributed by atoms with Crippen molar-refractivity contribution in [2.75, 3.05) is 13.2 Å². The van der Waals surface area contributed by atoms with Gasteiger partial charge in [-0.05, 0) is 38.5 Å². The Kier molecular flexibility index (Phi) is 12.2. The second kappa shape index (κ2) is 13.0. The third-order valence-electron chi connectivity index (χ3n) is 3.02. The summed E-state index contributed by atoms with van der Waals surface area (Å²) >= 11 is 0. The van der Waals surface area contributed by atoms with E-state index >= 15 is 0 Å². The third-order valence-corrected chi connectivity index (χ3v) is 3.02. The van der Waals surface area contributed by atoms with Gasteiger partial charge < -0.3 is 18.9 Å². The summed E-state index contributed by atoms with van der Waals surface area (Å²) in [5.41, 5.74) is 0. The van der Waals surface area contributed by atoms with Crippen molar-refractivity contribution in [3.05, 3.63) is 12.2 Å². The molecule has 0 amide bonds. The zero-order valence-corrected chi connectivity index (χ0v) is 15.7. The van der Waals surface area contributed by atoms with Crippen molar-refractivity contribution in [1.29, 1.82) is 0 Å². The van der Waals surface area contributed by atoms with Crippen molar-refractivity contribution in [3.63, 3.8) is 0 Å². The Hall–Kier alpha value is -1.40. The molecule has 0 bridgehead atoms. The predicted molar refractivity (Wildman–Crippen MR) is 91.1 cm³/mol. The molecule has 0 saturated heterocycles. The van der Waals surface area contributed by atoms with E-state index in [-0.39, 0.29) is 0 Å². The fraction of sp³-hybridized carbons (Fsp3) is 0.778. The van der Waals surface area contributed by atoms with Crippen LogP contribution in [0.2, 0.25) is 0 Å². The Labute approximate surface area is 145 Å². The van der Waals surface area contributed by atoms with Crippen LogP contribution in [0, 0.1) is 11.8 Å². The first-order valence-electron chi connectivity index (χ1n) is 8.53. The summed E-state index contributed by atoms with van der Waals surface area (Å²) in [5, 5.41) is 0. The number of carbonyl (C=O) groups excluding carboxylic acids is 2. The number of carbonyl (C=O) groups is 2. The van der Waals surface area contributed by atoms with E-state index in [1.807, 2.05) is 0 Å². The molecule has 0 fully saturated rings. The Bertz CT molecular complexity index is 353. The first-order valence-corrected chi connectivity index (χ1v) is 8.53. The first kappa shape index (κ1) is 22.6. The Balaban J connectivity index is 3.96. The van der Waals surface area contributed by atoms with Crippen molar-refractivity contribution in [2.45, 2.75) is 67.0 Å². The number of hydrogen-bond acceptors (Lipinski definition) is 6. The average Bonchev–Trinajstić information content (AvgIpc) is 2.44. The molecule has 2 unspecified atom stereocenters. The summed E-state index contributed by atoms with van der Waals surface area (Å²) in [7, 11) is 0. The minimum Gasteiger partial charge on any atom is -0.433 e. The molecule has 0 aliphatic carbocycles. The summed E-state index contributed by atoms with van der Waals surface area (Å²) in [6, 6.07) is 0. The van der Waals surface area contributed by atoms with E-state index in [1.54, 1.807) is 13.8 Å². The van der Waals surface area contributed by atoms with Gasteiger partial charge >= 0.3 is 11.9 Å². The molecule has 0 heterocycles. The molecular formula is C18H32O6. The Morgan fingerprint density at radius 1 is 0.708 bits per heavy atom. The van der Waals surface area contributed by atoms with E-state index in [0.29, 0.717) is 25.0 Å². The maximum atomic E-state index is 11.6. The minimum atomic E-state index is -0.657. The SMILES string of the molecule is CC(C)CCOC(C)OC(=O)/C=C/C(=O)OC(C)OCCC(C)C. The fourth-order valence-corrected chi connectivity index (χ4v) is 1.55. The second-order valence-corrected chi connectivity index (χ2v) is 6.45. The highest BCUT2D eigenvalue weighted by molar-refractivity contribution is 5.91. The van der Waals surface area contributed by atoms with Gasteiger partial charge in [0.2, 0.25) is 0 Å². The maximum Gasteiger partial charge on any atom is 0.333 e. The van der Waals surface area contributed by atoms with E-state index in [4.69, 9.17) is 18.9 Å². The second-order valence-electron chi connectivity index (χ2n) is 6.45. The highest BCUT2D eigenvalue weighted by atomic mass is 16.7. The summed E-state index contributed by atoms with van der Waals surface area (Å²) < 4.78 is 20.7.